The summed E-state index contributed by atoms with van der Waals surface area (Å²) in [5, 5.41) is 5.36. The maximum absolute atomic E-state index is 12.8. The van der Waals surface area contributed by atoms with Crippen molar-refractivity contribution >= 4 is 29.5 Å². The number of anilines is 1. The molecule has 33 heavy (non-hydrogen) atoms. The summed E-state index contributed by atoms with van der Waals surface area (Å²) in [6, 6.07) is 9.47. The lowest BCUT2D eigenvalue weighted by Gasteiger charge is -2.34. The lowest BCUT2D eigenvalue weighted by Crippen LogP contribution is -2.48. The van der Waals surface area contributed by atoms with E-state index in [1.807, 2.05) is 53.8 Å². The Labute approximate surface area is 198 Å². The molecule has 3 heterocycles. The second-order valence-corrected chi connectivity index (χ2v) is 8.29. The standard InChI is InChI=1S/C24H27ClN6O2/c1-17-20(18(2)31(28-17)16-19-6-4-5-7-21(19)25)8-9-23(32)29-12-14-30(15-13-29)24-26-11-10-22(27-24)33-3/h4-11H,12-16H2,1-3H3/b9-8+. The number of benzene rings is 1. The monoisotopic (exact) mass is 466 g/mol. The number of halogens is 1. The van der Waals surface area contributed by atoms with E-state index < -0.39 is 0 Å². The first-order chi connectivity index (χ1) is 16.0. The van der Waals surface area contributed by atoms with E-state index in [2.05, 4.69) is 20.0 Å². The van der Waals surface area contributed by atoms with Gasteiger partial charge in [0.15, 0.2) is 0 Å². The van der Waals surface area contributed by atoms with Gasteiger partial charge in [-0.25, -0.2) is 4.98 Å². The number of carbonyl (C=O) groups excluding carboxylic acids is 1. The zero-order valence-corrected chi connectivity index (χ0v) is 19.8. The van der Waals surface area contributed by atoms with E-state index in [-0.39, 0.29) is 5.91 Å². The highest BCUT2D eigenvalue weighted by atomic mass is 35.5. The van der Waals surface area contributed by atoms with E-state index in [1.54, 1.807) is 25.4 Å². The van der Waals surface area contributed by atoms with Gasteiger partial charge in [-0.1, -0.05) is 29.8 Å². The van der Waals surface area contributed by atoms with Gasteiger partial charge < -0.3 is 14.5 Å². The molecule has 1 fully saturated rings. The summed E-state index contributed by atoms with van der Waals surface area (Å²) >= 11 is 6.30. The zero-order valence-electron chi connectivity index (χ0n) is 19.0. The first-order valence-corrected chi connectivity index (χ1v) is 11.2. The van der Waals surface area contributed by atoms with E-state index >= 15 is 0 Å². The molecule has 1 aliphatic heterocycles. The van der Waals surface area contributed by atoms with Gasteiger partial charge in [-0.3, -0.25) is 9.48 Å². The lowest BCUT2D eigenvalue weighted by atomic mass is 10.1. The van der Waals surface area contributed by atoms with Gasteiger partial charge in [0, 0.05) is 60.8 Å². The van der Waals surface area contributed by atoms with Gasteiger partial charge in [0.25, 0.3) is 0 Å². The van der Waals surface area contributed by atoms with Crippen LogP contribution < -0.4 is 9.64 Å². The summed E-state index contributed by atoms with van der Waals surface area (Å²) in [4.78, 5) is 25.4. The molecule has 3 aromatic rings. The Bertz CT molecular complexity index is 1170. The van der Waals surface area contributed by atoms with Crippen molar-refractivity contribution in [2.45, 2.75) is 20.4 Å². The highest BCUT2D eigenvalue weighted by Gasteiger charge is 2.22. The van der Waals surface area contributed by atoms with Gasteiger partial charge in [-0.05, 0) is 31.6 Å². The summed E-state index contributed by atoms with van der Waals surface area (Å²) < 4.78 is 7.10. The lowest BCUT2D eigenvalue weighted by molar-refractivity contribution is -0.126. The number of aromatic nitrogens is 4. The number of carbonyl (C=O) groups is 1. The minimum absolute atomic E-state index is 0.0149. The number of hydrogen-bond donors (Lipinski definition) is 0. The third-order valence-electron chi connectivity index (χ3n) is 5.81. The van der Waals surface area contributed by atoms with Crippen LogP contribution in [0.25, 0.3) is 6.08 Å². The predicted octanol–water partition coefficient (Wildman–Crippen LogP) is 3.36. The number of piperazine rings is 1. The van der Waals surface area contributed by atoms with Crippen molar-refractivity contribution in [3.8, 4) is 5.88 Å². The molecule has 0 spiro atoms. The summed E-state index contributed by atoms with van der Waals surface area (Å²) in [5.41, 5.74) is 3.84. The largest absolute Gasteiger partial charge is 0.481 e. The molecule has 9 heteroatoms. The number of methoxy groups -OCH3 is 1. The molecular formula is C24H27ClN6O2. The van der Waals surface area contributed by atoms with Crippen LogP contribution in [0, 0.1) is 13.8 Å². The van der Waals surface area contributed by atoms with E-state index in [4.69, 9.17) is 16.3 Å². The van der Waals surface area contributed by atoms with Crippen molar-refractivity contribution in [1.29, 1.82) is 0 Å². The smallest absolute Gasteiger partial charge is 0.246 e. The van der Waals surface area contributed by atoms with Crippen LogP contribution in [0.5, 0.6) is 5.88 Å². The SMILES string of the molecule is COc1ccnc(N2CCN(C(=O)/C=C/c3c(C)nn(Cc4ccccc4Cl)c3C)CC2)n1. The molecule has 0 N–H and O–H groups in total. The van der Waals surface area contributed by atoms with Crippen LogP contribution in [-0.4, -0.2) is 63.8 Å². The van der Waals surface area contributed by atoms with Crippen LogP contribution in [0.1, 0.15) is 22.5 Å². The highest BCUT2D eigenvalue weighted by molar-refractivity contribution is 6.31. The molecule has 0 radical (unpaired) electrons. The molecule has 2 aromatic heterocycles. The molecule has 1 saturated heterocycles. The number of aryl methyl sites for hydroxylation is 1. The molecule has 1 amide bonds. The van der Waals surface area contributed by atoms with Crippen molar-refractivity contribution in [2.75, 3.05) is 38.2 Å². The fourth-order valence-corrected chi connectivity index (χ4v) is 4.07. The van der Waals surface area contributed by atoms with Gasteiger partial charge in [0.2, 0.25) is 17.7 Å². The molecule has 0 unspecified atom stereocenters. The third-order valence-corrected chi connectivity index (χ3v) is 6.18. The van der Waals surface area contributed by atoms with E-state index in [0.717, 1.165) is 27.5 Å². The molecule has 1 aromatic carbocycles. The van der Waals surface area contributed by atoms with E-state index in [0.29, 0.717) is 44.6 Å². The fraction of sp³-hybridized carbons (Fsp3) is 0.333. The van der Waals surface area contributed by atoms with Crippen molar-refractivity contribution in [2.24, 2.45) is 0 Å². The molecule has 0 bridgehead atoms. The Kier molecular flexibility index (Phi) is 6.93. The highest BCUT2D eigenvalue weighted by Crippen LogP contribution is 2.21. The van der Waals surface area contributed by atoms with Gasteiger partial charge in [-0.2, -0.15) is 10.1 Å². The second kappa shape index (κ2) is 10.0. The maximum atomic E-state index is 12.8. The fourth-order valence-electron chi connectivity index (χ4n) is 3.88. The minimum atomic E-state index is -0.0149. The molecular weight excluding hydrogens is 440 g/mol. The summed E-state index contributed by atoms with van der Waals surface area (Å²) in [6.45, 7) is 7.09. The molecule has 0 aliphatic carbocycles. The van der Waals surface area contributed by atoms with Gasteiger partial charge in [0.1, 0.15) is 0 Å². The van der Waals surface area contributed by atoms with E-state index in [1.165, 1.54) is 0 Å². The number of hydrogen-bond acceptors (Lipinski definition) is 6. The molecule has 4 rings (SSSR count). The van der Waals surface area contributed by atoms with Crippen molar-refractivity contribution in [3.63, 3.8) is 0 Å². The summed E-state index contributed by atoms with van der Waals surface area (Å²) in [7, 11) is 1.58. The van der Waals surface area contributed by atoms with Crippen molar-refractivity contribution < 1.29 is 9.53 Å². The molecule has 172 valence electrons. The summed E-state index contributed by atoms with van der Waals surface area (Å²) in [5.74, 6) is 1.13. The van der Waals surface area contributed by atoms with Crippen molar-refractivity contribution in [1.82, 2.24) is 24.6 Å². The van der Waals surface area contributed by atoms with Gasteiger partial charge >= 0.3 is 0 Å². The van der Waals surface area contributed by atoms with Gasteiger partial charge in [-0.15, -0.1) is 0 Å². The molecule has 1 aliphatic rings. The van der Waals surface area contributed by atoms with Crippen LogP contribution in [0.4, 0.5) is 5.95 Å². The first-order valence-electron chi connectivity index (χ1n) is 10.8. The number of nitrogens with zero attached hydrogens (tertiary/aromatic N) is 6. The van der Waals surface area contributed by atoms with E-state index in [9.17, 15) is 4.79 Å². The minimum Gasteiger partial charge on any atom is -0.481 e. The Morgan fingerprint density at radius 3 is 2.64 bits per heavy atom. The zero-order chi connectivity index (χ0) is 23.4. The van der Waals surface area contributed by atoms with Crippen LogP contribution in [-0.2, 0) is 11.3 Å². The van der Waals surface area contributed by atoms with Crippen LogP contribution in [0.2, 0.25) is 5.02 Å². The Morgan fingerprint density at radius 2 is 1.91 bits per heavy atom. The number of amides is 1. The quantitative estimate of drug-likeness (QED) is 0.518. The average molecular weight is 467 g/mol. The Hall–Kier alpha value is -3.39. The molecule has 0 atom stereocenters. The van der Waals surface area contributed by atoms with Crippen molar-refractivity contribution in [3.05, 3.63) is 70.1 Å². The Balaban J connectivity index is 1.39. The van der Waals surface area contributed by atoms with Crippen LogP contribution >= 0.6 is 11.6 Å². The normalized spacial score (nSPS) is 14.2. The second-order valence-electron chi connectivity index (χ2n) is 7.88. The predicted molar refractivity (Wildman–Crippen MR) is 129 cm³/mol. The van der Waals surface area contributed by atoms with Crippen LogP contribution in [0.15, 0.2) is 42.6 Å². The summed E-state index contributed by atoms with van der Waals surface area (Å²) in [6.07, 6.45) is 5.17. The van der Waals surface area contributed by atoms with Gasteiger partial charge in [0.05, 0.1) is 19.3 Å². The van der Waals surface area contributed by atoms with Crippen LogP contribution in [0.3, 0.4) is 0 Å². The first kappa shape index (κ1) is 22.8. The Morgan fingerprint density at radius 1 is 1.15 bits per heavy atom. The topological polar surface area (TPSA) is 76.4 Å². The molecule has 0 saturated carbocycles. The number of ether oxygens (including phenoxy) is 1. The number of rotatable bonds is 6. The maximum Gasteiger partial charge on any atom is 0.246 e. The third kappa shape index (κ3) is 5.17. The average Bonchev–Trinajstić information content (AvgIpc) is 3.11. The molecule has 8 nitrogen and oxygen atoms in total.